The molecule has 3 aromatic rings. The van der Waals surface area contributed by atoms with E-state index in [-0.39, 0.29) is 22.6 Å². The van der Waals surface area contributed by atoms with Gasteiger partial charge < -0.3 is 14.9 Å². The van der Waals surface area contributed by atoms with Gasteiger partial charge in [-0.25, -0.2) is 0 Å². The van der Waals surface area contributed by atoms with Crippen molar-refractivity contribution in [1.29, 1.82) is 0 Å². The maximum absolute atomic E-state index is 13.2. The molecule has 1 unspecified atom stereocenters. The maximum Gasteiger partial charge on any atom is 0.416 e. The van der Waals surface area contributed by atoms with Crippen LogP contribution in [0.1, 0.15) is 48.9 Å². The van der Waals surface area contributed by atoms with E-state index in [1.807, 2.05) is 0 Å². The van der Waals surface area contributed by atoms with Gasteiger partial charge in [-0.1, -0.05) is 31.9 Å². The number of ketones is 1. The number of aliphatic hydroxyl groups excluding tert-OH is 1. The summed E-state index contributed by atoms with van der Waals surface area (Å²) in [6.45, 7) is 2.62. The van der Waals surface area contributed by atoms with Crippen LogP contribution in [-0.2, 0) is 15.8 Å². The van der Waals surface area contributed by atoms with Crippen molar-refractivity contribution in [2.75, 3.05) is 11.5 Å². The predicted octanol–water partition coefficient (Wildman–Crippen LogP) is 6.61. The molecule has 0 saturated carbocycles. The molecule has 0 spiro atoms. The first-order valence-electron chi connectivity index (χ1n) is 12.1. The molecular weight excluding hydrogens is 499 g/mol. The second-order valence-electron chi connectivity index (χ2n) is 8.89. The van der Waals surface area contributed by atoms with Crippen LogP contribution >= 0.6 is 0 Å². The smallest absolute Gasteiger partial charge is 0.416 e. The Balaban J connectivity index is 1.76. The average molecular weight is 526 g/mol. The molecule has 1 amide bonds. The number of rotatable bonds is 8. The van der Waals surface area contributed by atoms with Gasteiger partial charge in [0.1, 0.15) is 17.3 Å². The molecule has 1 heterocycles. The molecule has 6 nitrogen and oxygen atoms in total. The number of benzene rings is 3. The monoisotopic (exact) mass is 525 g/mol. The highest BCUT2D eigenvalue weighted by atomic mass is 19.4. The number of hydrogen-bond donors (Lipinski definition) is 2. The van der Waals surface area contributed by atoms with Crippen molar-refractivity contribution in [3.05, 3.63) is 95.1 Å². The highest BCUT2D eigenvalue weighted by Crippen LogP contribution is 2.43. The Morgan fingerprint density at radius 3 is 2.26 bits per heavy atom. The van der Waals surface area contributed by atoms with Crippen molar-refractivity contribution in [2.24, 2.45) is 0 Å². The third-order valence-electron chi connectivity index (χ3n) is 6.25. The zero-order chi connectivity index (χ0) is 27.4. The minimum absolute atomic E-state index is 0.0309. The summed E-state index contributed by atoms with van der Waals surface area (Å²) in [7, 11) is 0. The Morgan fingerprint density at radius 1 is 0.974 bits per heavy atom. The molecule has 0 aliphatic carbocycles. The van der Waals surface area contributed by atoms with E-state index in [4.69, 9.17) is 4.74 Å². The number of phenols is 1. The summed E-state index contributed by atoms with van der Waals surface area (Å²) in [6, 6.07) is 14.8. The summed E-state index contributed by atoms with van der Waals surface area (Å²) in [5, 5.41) is 21.2. The third-order valence-corrected chi connectivity index (χ3v) is 6.25. The fourth-order valence-electron chi connectivity index (χ4n) is 4.33. The van der Waals surface area contributed by atoms with Crippen LogP contribution < -0.4 is 9.64 Å². The number of carbonyl (C=O) groups is 2. The van der Waals surface area contributed by atoms with E-state index in [0.717, 1.165) is 48.4 Å². The minimum atomic E-state index is -4.58. The number of halogens is 3. The zero-order valence-corrected chi connectivity index (χ0v) is 20.5. The number of ether oxygens (including phenoxy) is 1. The van der Waals surface area contributed by atoms with Crippen molar-refractivity contribution in [3.8, 4) is 11.5 Å². The van der Waals surface area contributed by atoms with Gasteiger partial charge in [0.25, 0.3) is 11.7 Å². The summed E-state index contributed by atoms with van der Waals surface area (Å²) in [5.74, 6) is -2.05. The van der Waals surface area contributed by atoms with Crippen LogP contribution in [0.3, 0.4) is 0 Å². The van der Waals surface area contributed by atoms with Gasteiger partial charge in [-0.3, -0.25) is 14.5 Å². The lowest BCUT2D eigenvalue weighted by molar-refractivity contribution is -0.137. The van der Waals surface area contributed by atoms with Gasteiger partial charge in [-0.05, 0) is 72.6 Å². The fourth-order valence-corrected chi connectivity index (χ4v) is 4.33. The summed E-state index contributed by atoms with van der Waals surface area (Å²) < 4.78 is 45.0. The average Bonchev–Trinajstić information content (AvgIpc) is 3.16. The molecular formula is C29H26F3NO5. The summed E-state index contributed by atoms with van der Waals surface area (Å²) in [6.07, 6.45) is -1.59. The first-order chi connectivity index (χ1) is 18.1. The Kier molecular flexibility index (Phi) is 7.75. The van der Waals surface area contributed by atoms with Crippen LogP contribution in [0, 0.1) is 0 Å². The molecule has 4 rings (SSSR count). The number of anilines is 1. The highest BCUT2D eigenvalue weighted by Gasteiger charge is 2.47. The molecule has 1 fully saturated rings. The third kappa shape index (κ3) is 5.51. The van der Waals surface area contributed by atoms with Crippen LogP contribution in [0.25, 0.3) is 5.76 Å². The van der Waals surface area contributed by atoms with Crippen LogP contribution in [0.4, 0.5) is 18.9 Å². The van der Waals surface area contributed by atoms with E-state index in [2.05, 4.69) is 6.92 Å². The Bertz CT molecular complexity index is 1350. The number of hydrogen-bond acceptors (Lipinski definition) is 5. The molecule has 38 heavy (non-hydrogen) atoms. The number of phenolic OH excluding ortho intramolecular Hbond substituents is 1. The van der Waals surface area contributed by atoms with Gasteiger partial charge in [-0.2, -0.15) is 13.2 Å². The Morgan fingerprint density at radius 2 is 1.66 bits per heavy atom. The molecule has 2 N–H and O–H groups in total. The molecule has 1 atom stereocenters. The second-order valence-corrected chi connectivity index (χ2v) is 8.89. The van der Waals surface area contributed by atoms with Crippen molar-refractivity contribution in [1.82, 2.24) is 0 Å². The molecule has 0 bridgehead atoms. The van der Waals surface area contributed by atoms with Crippen LogP contribution in [-0.4, -0.2) is 28.5 Å². The number of nitrogens with zero attached hydrogens (tertiary/aromatic N) is 1. The van der Waals surface area contributed by atoms with Crippen molar-refractivity contribution in [3.63, 3.8) is 0 Å². The van der Waals surface area contributed by atoms with Crippen LogP contribution in [0.2, 0.25) is 0 Å². The number of alkyl halides is 3. The van der Waals surface area contributed by atoms with E-state index >= 15 is 0 Å². The molecule has 0 radical (unpaired) electrons. The lowest BCUT2D eigenvalue weighted by Crippen LogP contribution is -2.29. The van der Waals surface area contributed by atoms with E-state index in [1.54, 1.807) is 30.3 Å². The fraction of sp³-hybridized carbons (Fsp3) is 0.241. The van der Waals surface area contributed by atoms with Gasteiger partial charge >= 0.3 is 6.18 Å². The van der Waals surface area contributed by atoms with E-state index in [1.165, 1.54) is 18.2 Å². The van der Waals surface area contributed by atoms with E-state index in [9.17, 15) is 33.0 Å². The van der Waals surface area contributed by atoms with Crippen LogP contribution in [0.15, 0.2) is 78.4 Å². The highest BCUT2D eigenvalue weighted by molar-refractivity contribution is 6.51. The largest absolute Gasteiger partial charge is 0.508 e. The Labute approximate surface area is 217 Å². The second kappa shape index (κ2) is 11.0. The molecule has 1 aliphatic heterocycles. The van der Waals surface area contributed by atoms with Gasteiger partial charge in [0.05, 0.1) is 23.8 Å². The first-order valence-corrected chi connectivity index (χ1v) is 12.1. The molecule has 1 saturated heterocycles. The summed E-state index contributed by atoms with van der Waals surface area (Å²) >= 11 is 0. The zero-order valence-electron chi connectivity index (χ0n) is 20.5. The Hall–Kier alpha value is -4.27. The quantitative estimate of drug-likeness (QED) is 0.150. The number of aliphatic hydroxyl groups is 1. The summed E-state index contributed by atoms with van der Waals surface area (Å²) in [5.41, 5.74) is -0.591. The molecule has 198 valence electrons. The van der Waals surface area contributed by atoms with Crippen molar-refractivity contribution in [2.45, 2.75) is 38.4 Å². The van der Waals surface area contributed by atoms with Gasteiger partial charge in [0, 0.05) is 11.3 Å². The van der Waals surface area contributed by atoms with Gasteiger partial charge in [-0.15, -0.1) is 0 Å². The lowest BCUT2D eigenvalue weighted by atomic mass is 9.95. The maximum atomic E-state index is 13.2. The number of aromatic hydroxyl groups is 1. The number of Topliss-reactive ketones (excluding diaryl/α,β-unsaturated/α-hetero) is 1. The van der Waals surface area contributed by atoms with Crippen molar-refractivity contribution < 1.29 is 37.7 Å². The number of amides is 1. The lowest BCUT2D eigenvalue weighted by Gasteiger charge is -2.26. The van der Waals surface area contributed by atoms with E-state index < -0.39 is 35.2 Å². The first kappa shape index (κ1) is 26.8. The summed E-state index contributed by atoms with van der Waals surface area (Å²) in [4.78, 5) is 27.4. The SMILES string of the molecule is CCCCCOc1ccc(/C(O)=C2\C(=O)C(=O)N(c3ccc(C(F)(F)F)cc3)C2c2cccc(O)c2)cc1. The van der Waals surface area contributed by atoms with Crippen molar-refractivity contribution >= 4 is 23.1 Å². The molecule has 1 aliphatic rings. The van der Waals surface area contributed by atoms with Gasteiger partial charge in [0.15, 0.2) is 0 Å². The standard InChI is InChI=1S/C29H26F3NO5/c1-2-3-4-16-38-23-14-8-18(9-15-23)26(35)24-25(19-6-5-7-22(34)17-19)33(28(37)27(24)36)21-12-10-20(11-13-21)29(30,31)32/h5-15,17,25,34-35H,2-4,16H2,1H3/b26-24+. The number of carbonyl (C=O) groups excluding carboxylic acids is 2. The minimum Gasteiger partial charge on any atom is -0.508 e. The van der Waals surface area contributed by atoms with E-state index in [0.29, 0.717) is 17.9 Å². The molecule has 3 aromatic carbocycles. The molecule has 9 heteroatoms. The number of unbranched alkanes of at least 4 members (excludes halogenated alkanes) is 2. The van der Waals surface area contributed by atoms with Crippen LogP contribution in [0.5, 0.6) is 11.5 Å². The topological polar surface area (TPSA) is 87.1 Å². The molecule has 0 aromatic heterocycles. The predicted molar refractivity (Wildman–Crippen MR) is 136 cm³/mol. The van der Waals surface area contributed by atoms with Gasteiger partial charge in [0.2, 0.25) is 0 Å². The normalized spacial score (nSPS) is 17.2.